The normalized spacial score (nSPS) is 18.5. The number of aliphatic hydroxyl groups is 1. The molecule has 2 heterocycles. The fraction of sp³-hybridized carbons (Fsp3) is 0.769. The molecule has 1 amide bonds. The average molecular weight is 320 g/mol. The number of alkyl halides is 3. The topological polar surface area (TPSA) is 71.2 Å². The number of aromatic nitrogens is 3. The molecule has 1 saturated heterocycles. The summed E-state index contributed by atoms with van der Waals surface area (Å²) in [5.74, 6) is -0.876. The van der Waals surface area contributed by atoms with Gasteiger partial charge in [-0.2, -0.15) is 13.2 Å². The van der Waals surface area contributed by atoms with Gasteiger partial charge >= 0.3 is 6.18 Å². The van der Waals surface area contributed by atoms with Crippen molar-refractivity contribution in [3.63, 3.8) is 0 Å². The summed E-state index contributed by atoms with van der Waals surface area (Å²) in [6, 6.07) is 0.0187. The number of piperidine rings is 1. The second-order valence-corrected chi connectivity index (χ2v) is 5.65. The quantitative estimate of drug-likeness (QED) is 0.908. The molecule has 1 fully saturated rings. The summed E-state index contributed by atoms with van der Waals surface area (Å²) in [4.78, 5) is 12.8. The first kappa shape index (κ1) is 16.7. The molecule has 1 aromatic heterocycles. The zero-order chi connectivity index (χ0) is 16.3. The van der Waals surface area contributed by atoms with Gasteiger partial charge in [-0.15, -0.1) is 5.10 Å². The van der Waals surface area contributed by atoms with Crippen LogP contribution in [-0.4, -0.2) is 56.3 Å². The van der Waals surface area contributed by atoms with E-state index in [-0.39, 0.29) is 19.1 Å². The van der Waals surface area contributed by atoms with Gasteiger partial charge < -0.3 is 10.0 Å². The first-order chi connectivity index (χ1) is 10.2. The van der Waals surface area contributed by atoms with Crippen molar-refractivity contribution in [1.82, 2.24) is 19.9 Å². The lowest BCUT2D eigenvalue weighted by Gasteiger charge is -2.32. The molecule has 0 aliphatic carbocycles. The molecule has 0 saturated carbocycles. The van der Waals surface area contributed by atoms with Crippen molar-refractivity contribution in [2.75, 3.05) is 13.1 Å². The molecule has 22 heavy (non-hydrogen) atoms. The van der Waals surface area contributed by atoms with Crippen LogP contribution < -0.4 is 0 Å². The van der Waals surface area contributed by atoms with E-state index in [4.69, 9.17) is 0 Å². The zero-order valence-electron chi connectivity index (χ0n) is 12.3. The Kier molecular flexibility index (Phi) is 5.05. The van der Waals surface area contributed by atoms with Crippen LogP contribution in [0.15, 0.2) is 6.20 Å². The first-order valence-electron chi connectivity index (χ1n) is 7.18. The molecule has 0 radical (unpaired) electrons. The number of rotatable bonds is 4. The van der Waals surface area contributed by atoms with Crippen LogP contribution >= 0.6 is 0 Å². The third kappa shape index (κ3) is 4.69. The predicted molar refractivity (Wildman–Crippen MR) is 70.9 cm³/mol. The molecule has 0 aromatic carbocycles. The zero-order valence-corrected chi connectivity index (χ0v) is 12.3. The van der Waals surface area contributed by atoms with Crippen LogP contribution in [0.3, 0.4) is 0 Å². The van der Waals surface area contributed by atoms with E-state index in [2.05, 4.69) is 10.3 Å². The first-order valence-corrected chi connectivity index (χ1v) is 7.18. The maximum atomic E-state index is 12.2. The lowest BCUT2D eigenvalue weighted by Crippen LogP contribution is -2.40. The molecule has 1 atom stereocenters. The van der Waals surface area contributed by atoms with Crippen molar-refractivity contribution in [3.05, 3.63) is 11.9 Å². The Morgan fingerprint density at radius 2 is 2.09 bits per heavy atom. The van der Waals surface area contributed by atoms with Crippen molar-refractivity contribution >= 4 is 5.91 Å². The molecule has 0 spiro atoms. The second kappa shape index (κ2) is 6.64. The van der Waals surface area contributed by atoms with Gasteiger partial charge in [0.05, 0.1) is 17.8 Å². The van der Waals surface area contributed by atoms with E-state index in [0.717, 1.165) is 0 Å². The Morgan fingerprint density at radius 3 is 2.64 bits per heavy atom. The van der Waals surface area contributed by atoms with Gasteiger partial charge in [0.25, 0.3) is 0 Å². The minimum absolute atomic E-state index is 0.0187. The molecule has 1 aliphatic rings. The number of halogens is 3. The number of aliphatic hydroxyl groups excluding tert-OH is 1. The fourth-order valence-corrected chi connectivity index (χ4v) is 2.55. The van der Waals surface area contributed by atoms with Gasteiger partial charge in [-0.1, -0.05) is 5.21 Å². The maximum Gasteiger partial charge on any atom is 0.397 e. The number of likely N-dealkylation sites (tertiary alicyclic amines) is 1. The highest BCUT2D eigenvalue weighted by atomic mass is 19.4. The van der Waals surface area contributed by atoms with Crippen molar-refractivity contribution in [2.24, 2.45) is 0 Å². The smallest absolute Gasteiger partial charge is 0.393 e. The predicted octanol–water partition coefficient (Wildman–Crippen LogP) is 1.32. The number of carbonyl (C=O) groups is 1. The number of hydrogen-bond acceptors (Lipinski definition) is 4. The number of hydrogen-bond donors (Lipinski definition) is 1. The SMILES string of the molecule is C[C@@H](O)Cc1cn(C2CCN(C(=O)CC(F)(F)F)CC2)nn1. The lowest BCUT2D eigenvalue weighted by atomic mass is 10.0. The van der Waals surface area contributed by atoms with E-state index in [0.29, 0.717) is 25.0 Å². The average Bonchev–Trinajstić information content (AvgIpc) is 2.84. The van der Waals surface area contributed by atoms with E-state index in [9.17, 15) is 23.1 Å². The van der Waals surface area contributed by atoms with Crippen LogP contribution in [0.25, 0.3) is 0 Å². The largest absolute Gasteiger partial charge is 0.397 e. The summed E-state index contributed by atoms with van der Waals surface area (Å²) >= 11 is 0. The van der Waals surface area contributed by atoms with E-state index >= 15 is 0 Å². The summed E-state index contributed by atoms with van der Waals surface area (Å²) in [6.45, 7) is 2.22. The minimum atomic E-state index is -4.46. The van der Waals surface area contributed by atoms with E-state index in [1.807, 2.05) is 0 Å². The van der Waals surface area contributed by atoms with Crippen molar-refractivity contribution in [3.8, 4) is 0 Å². The molecule has 1 aromatic rings. The highest BCUT2D eigenvalue weighted by Gasteiger charge is 2.35. The maximum absolute atomic E-state index is 12.2. The molecule has 9 heteroatoms. The Bertz CT molecular complexity index is 508. The Labute approximate surface area is 125 Å². The summed E-state index contributed by atoms with van der Waals surface area (Å²) in [5.41, 5.74) is 0.672. The van der Waals surface area contributed by atoms with Crippen LogP contribution in [-0.2, 0) is 11.2 Å². The number of carbonyl (C=O) groups excluding carboxylic acids is 1. The van der Waals surface area contributed by atoms with Crippen LogP contribution in [0.4, 0.5) is 13.2 Å². The molecular formula is C13H19F3N4O2. The molecule has 6 nitrogen and oxygen atoms in total. The monoisotopic (exact) mass is 320 g/mol. The van der Waals surface area contributed by atoms with E-state index in [1.165, 1.54) is 4.90 Å². The summed E-state index contributed by atoms with van der Waals surface area (Å²) in [5, 5.41) is 17.3. The summed E-state index contributed by atoms with van der Waals surface area (Å²) in [7, 11) is 0. The van der Waals surface area contributed by atoms with E-state index in [1.54, 1.807) is 17.8 Å². The molecule has 124 valence electrons. The van der Waals surface area contributed by atoms with Gasteiger partial charge in [-0.25, -0.2) is 4.68 Å². The van der Waals surface area contributed by atoms with Crippen molar-refractivity contribution in [1.29, 1.82) is 0 Å². The summed E-state index contributed by atoms with van der Waals surface area (Å²) < 4.78 is 38.3. The van der Waals surface area contributed by atoms with Gasteiger partial charge in [0.15, 0.2) is 0 Å². The highest BCUT2D eigenvalue weighted by molar-refractivity contribution is 5.76. The van der Waals surface area contributed by atoms with Crippen LogP contribution in [0.2, 0.25) is 0 Å². The van der Waals surface area contributed by atoms with Crippen LogP contribution in [0.1, 0.15) is 37.9 Å². The van der Waals surface area contributed by atoms with Crippen LogP contribution in [0, 0.1) is 0 Å². The fourth-order valence-electron chi connectivity index (χ4n) is 2.55. The molecule has 0 unspecified atom stereocenters. The molecule has 0 bridgehead atoms. The van der Waals surface area contributed by atoms with Gasteiger partial charge in [0, 0.05) is 25.7 Å². The van der Waals surface area contributed by atoms with Crippen LogP contribution in [0.5, 0.6) is 0 Å². The van der Waals surface area contributed by atoms with Crippen molar-refractivity contribution < 1.29 is 23.1 Å². The molecule has 1 aliphatic heterocycles. The summed E-state index contributed by atoms with van der Waals surface area (Å²) in [6.07, 6.45) is -3.14. The van der Waals surface area contributed by atoms with E-state index < -0.39 is 24.6 Å². The second-order valence-electron chi connectivity index (χ2n) is 5.65. The molecule has 1 N–H and O–H groups in total. The molecule has 2 rings (SSSR count). The Morgan fingerprint density at radius 1 is 1.45 bits per heavy atom. The number of amides is 1. The van der Waals surface area contributed by atoms with Gasteiger partial charge in [-0.05, 0) is 19.8 Å². The lowest BCUT2D eigenvalue weighted by molar-refractivity contribution is -0.162. The molecular weight excluding hydrogens is 301 g/mol. The minimum Gasteiger partial charge on any atom is -0.393 e. The Balaban J connectivity index is 1.86. The number of nitrogens with zero attached hydrogens (tertiary/aromatic N) is 4. The Hall–Kier alpha value is -1.64. The standard InChI is InChI=1S/C13H19F3N4O2/c1-9(21)6-10-8-20(18-17-10)11-2-4-19(5-3-11)12(22)7-13(14,15)16/h8-9,11,21H,2-7H2,1H3/t9-/m1/s1. The van der Waals surface area contributed by atoms with Gasteiger partial charge in [0.1, 0.15) is 6.42 Å². The van der Waals surface area contributed by atoms with Gasteiger partial charge in [0.2, 0.25) is 5.91 Å². The third-order valence-corrected chi connectivity index (χ3v) is 3.61. The van der Waals surface area contributed by atoms with Gasteiger partial charge in [-0.3, -0.25) is 4.79 Å². The highest BCUT2D eigenvalue weighted by Crippen LogP contribution is 2.25. The van der Waals surface area contributed by atoms with Crippen molar-refractivity contribution in [2.45, 2.75) is 50.9 Å². The third-order valence-electron chi connectivity index (χ3n) is 3.61.